The molecule has 0 radical (unpaired) electrons. The van der Waals surface area contributed by atoms with Crippen LogP contribution in [0.4, 0.5) is 15.8 Å². The minimum atomic E-state index is -3.58. The summed E-state index contributed by atoms with van der Waals surface area (Å²) in [5.41, 5.74) is 0.135. The van der Waals surface area contributed by atoms with Crippen molar-refractivity contribution in [3.05, 3.63) is 24.0 Å². The molecule has 8 heteroatoms. The summed E-state index contributed by atoms with van der Waals surface area (Å²) in [5, 5.41) is 5.58. The predicted molar refractivity (Wildman–Crippen MR) is 76.7 cm³/mol. The first-order valence-electron chi connectivity index (χ1n) is 6.09. The summed E-state index contributed by atoms with van der Waals surface area (Å²) in [5.74, 6) is -0.941. The molecule has 0 spiro atoms. The van der Waals surface area contributed by atoms with Gasteiger partial charge >= 0.3 is 0 Å². The lowest BCUT2D eigenvalue weighted by Crippen LogP contribution is -2.21. The minimum Gasteiger partial charge on any atom is -0.326 e. The van der Waals surface area contributed by atoms with Crippen molar-refractivity contribution in [2.24, 2.45) is 0 Å². The van der Waals surface area contributed by atoms with E-state index >= 15 is 0 Å². The van der Waals surface area contributed by atoms with Gasteiger partial charge in [0.05, 0.1) is 11.9 Å². The Hall–Kier alpha value is -1.67. The average molecular weight is 303 g/mol. The van der Waals surface area contributed by atoms with Gasteiger partial charge in [-0.2, -0.15) is 0 Å². The quantitative estimate of drug-likeness (QED) is 0.659. The van der Waals surface area contributed by atoms with E-state index in [9.17, 15) is 17.6 Å². The second kappa shape index (κ2) is 7.20. The van der Waals surface area contributed by atoms with Crippen LogP contribution in [0.5, 0.6) is 0 Å². The van der Waals surface area contributed by atoms with Crippen LogP contribution in [0.25, 0.3) is 0 Å². The molecule has 6 nitrogen and oxygen atoms in total. The summed E-state index contributed by atoms with van der Waals surface area (Å²) in [7, 11) is -3.58. The predicted octanol–water partition coefficient (Wildman–Crippen LogP) is 1.14. The van der Waals surface area contributed by atoms with Gasteiger partial charge in [-0.1, -0.05) is 6.92 Å². The zero-order chi connectivity index (χ0) is 15.2. The molecule has 0 unspecified atom stereocenters. The van der Waals surface area contributed by atoms with E-state index in [2.05, 4.69) is 10.6 Å². The molecule has 0 saturated carbocycles. The number of anilines is 2. The van der Waals surface area contributed by atoms with Crippen molar-refractivity contribution in [1.29, 1.82) is 0 Å². The number of benzene rings is 1. The van der Waals surface area contributed by atoms with Crippen molar-refractivity contribution >= 4 is 27.3 Å². The third-order valence-electron chi connectivity index (χ3n) is 2.32. The van der Waals surface area contributed by atoms with Crippen molar-refractivity contribution in [3.8, 4) is 0 Å². The van der Waals surface area contributed by atoms with Crippen molar-refractivity contribution < 1.29 is 17.6 Å². The van der Waals surface area contributed by atoms with E-state index in [-0.39, 0.29) is 18.0 Å². The summed E-state index contributed by atoms with van der Waals surface area (Å²) in [4.78, 5) is 11.6. The van der Waals surface area contributed by atoms with Gasteiger partial charge in [-0.15, -0.1) is 0 Å². The lowest BCUT2D eigenvalue weighted by atomic mass is 10.2. The van der Waals surface area contributed by atoms with Gasteiger partial charge in [0.2, 0.25) is 15.9 Å². The topological polar surface area (TPSA) is 87.3 Å². The second-order valence-corrected chi connectivity index (χ2v) is 5.97. The fourth-order valence-electron chi connectivity index (χ4n) is 1.48. The number of carbonyl (C=O) groups is 1. The fourth-order valence-corrected chi connectivity index (χ4v) is 2.04. The lowest BCUT2D eigenvalue weighted by Gasteiger charge is -2.09. The Morgan fingerprint density at radius 1 is 1.35 bits per heavy atom. The molecule has 0 saturated heterocycles. The van der Waals surface area contributed by atoms with Gasteiger partial charge in [0.15, 0.2) is 0 Å². The molecular weight excluding hydrogens is 285 g/mol. The number of hydrogen-bond acceptors (Lipinski definition) is 4. The van der Waals surface area contributed by atoms with Crippen LogP contribution in [-0.2, 0) is 14.8 Å². The smallest absolute Gasteiger partial charge is 0.229 e. The Morgan fingerprint density at radius 2 is 2.05 bits per heavy atom. The number of amides is 1. The molecule has 0 aliphatic carbocycles. The maximum atomic E-state index is 13.4. The first-order chi connectivity index (χ1) is 9.31. The third-order valence-corrected chi connectivity index (χ3v) is 2.92. The van der Waals surface area contributed by atoms with Gasteiger partial charge in [0, 0.05) is 18.7 Å². The minimum absolute atomic E-state index is 0.197. The molecule has 0 aromatic heterocycles. The van der Waals surface area contributed by atoms with E-state index in [0.29, 0.717) is 12.2 Å². The average Bonchev–Trinajstić information content (AvgIpc) is 2.32. The number of sulfonamides is 1. The highest BCUT2D eigenvalue weighted by Gasteiger charge is 2.10. The standard InChI is InChI=1S/C12H18FN3O3S/c1-3-14-7-6-12(17)15-9-4-5-10(13)11(8-9)16-20(2,18)19/h4-5,8,14,16H,3,6-7H2,1-2H3,(H,15,17). The molecular formula is C12H18FN3O3S. The van der Waals surface area contributed by atoms with Crippen molar-refractivity contribution in [2.45, 2.75) is 13.3 Å². The summed E-state index contributed by atoms with van der Waals surface area (Å²) >= 11 is 0. The molecule has 1 aromatic rings. The van der Waals surface area contributed by atoms with Gasteiger partial charge in [-0.05, 0) is 24.7 Å². The molecule has 1 rings (SSSR count). The monoisotopic (exact) mass is 303 g/mol. The van der Waals surface area contributed by atoms with Gasteiger partial charge in [-0.25, -0.2) is 12.8 Å². The van der Waals surface area contributed by atoms with E-state index < -0.39 is 15.8 Å². The van der Waals surface area contributed by atoms with Crippen LogP contribution in [0, 0.1) is 5.82 Å². The zero-order valence-corrected chi connectivity index (χ0v) is 12.2. The molecule has 112 valence electrons. The maximum absolute atomic E-state index is 13.4. The molecule has 0 aliphatic heterocycles. The van der Waals surface area contributed by atoms with E-state index in [4.69, 9.17) is 0 Å². The maximum Gasteiger partial charge on any atom is 0.229 e. The number of halogens is 1. The van der Waals surface area contributed by atoms with Crippen molar-refractivity contribution in [2.75, 3.05) is 29.4 Å². The first kappa shape index (κ1) is 16.4. The SMILES string of the molecule is CCNCCC(=O)Nc1ccc(F)c(NS(C)(=O)=O)c1. The molecule has 0 fully saturated rings. The molecule has 3 N–H and O–H groups in total. The highest BCUT2D eigenvalue weighted by atomic mass is 32.2. The number of hydrogen-bond donors (Lipinski definition) is 3. The Labute approximate surface area is 117 Å². The summed E-state index contributed by atoms with van der Waals surface area (Å²) in [6.45, 7) is 3.24. The van der Waals surface area contributed by atoms with Crippen LogP contribution in [-0.4, -0.2) is 33.7 Å². The van der Waals surface area contributed by atoms with Crippen LogP contribution in [0.2, 0.25) is 0 Å². The summed E-state index contributed by atoms with van der Waals surface area (Å²) in [6, 6.07) is 3.70. The molecule has 0 bridgehead atoms. The summed E-state index contributed by atoms with van der Waals surface area (Å²) in [6.07, 6.45) is 1.20. The Morgan fingerprint density at radius 3 is 2.65 bits per heavy atom. The van der Waals surface area contributed by atoms with Crippen molar-refractivity contribution in [1.82, 2.24) is 5.32 Å². The van der Waals surface area contributed by atoms with E-state index in [1.54, 1.807) is 0 Å². The molecule has 0 atom stereocenters. The molecule has 20 heavy (non-hydrogen) atoms. The largest absolute Gasteiger partial charge is 0.326 e. The number of nitrogens with one attached hydrogen (secondary N) is 3. The van der Waals surface area contributed by atoms with E-state index in [1.165, 1.54) is 12.1 Å². The zero-order valence-electron chi connectivity index (χ0n) is 11.4. The molecule has 1 amide bonds. The molecule has 0 aliphatic rings. The number of carbonyl (C=O) groups excluding carboxylic acids is 1. The third kappa shape index (κ3) is 5.98. The highest BCUT2D eigenvalue weighted by Crippen LogP contribution is 2.20. The van der Waals surface area contributed by atoms with E-state index in [1.807, 2.05) is 11.6 Å². The highest BCUT2D eigenvalue weighted by molar-refractivity contribution is 7.92. The van der Waals surface area contributed by atoms with Crippen LogP contribution < -0.4 is 15.4 Å². The Kier molecular flexibility index (Phi) is 5.90. The van der Waals surface area contributed by atoms with Gasteiger partial charge < -0.3 is 10.6 Å². The molecule has 0 heterocycles. The van der Waals surface area contributed by atoms with Crippen LogP contribution in [0.15, 0.2) is 18.2 Å². The summed E-state index contributed by atoms with van der Waals surface area (Å²) < 4.78 is 37.7. The van der Waals surface area contributed by atoms with Crippen molar-refractivity contribution in [3.63, 3.8) is 0 Å². The number of rotatable bonds is 7. The Bertz CT molecular complexity index is 575. The lowest BCUT2D eigenvalue weighted by molar-refractivity contribution is -0.116. The van der Waals surface area contributed by atoms with Crippen LogP contribution >= 0.6 is 0 Å². The van der Waals surface area contributed by atoms with Gasteiger partial charge in [0.25, 0.3) is 0 Å². The van der Waals surface area contributed by atoms with Gasteiger partial charge in [-0.3, -0.25) is 9.52 Å². The molecule has 1 aromatic carbocycles. The normalized spacial score (nSPS) is 11.2. The van der Waals surface area contributed by atoms with E-state index in [0.717, 1.165) is 18.9 Å². The Balaban J connectivity index is 2.72. The first-order valence-corrected chi connectivity index (χ1v) is 7.99. The van der Waals surface area contributed by atoms with Crippen LogP contribution in [0.3, 0.4) is 0 Å². The van der Waals surface area contributed by atoms with Gasteiger partial charge in [0.1, 0.15) is 5.82 Å². The second-order valence-electron chi connectivity index (χ2n) is 4.22. The van der Waals surface area contributed by atoms with Crippen LogP contribution in [0.1, 0.15) is 13.3 Å². The fraction of sp³-hybridized carbons (Fsp3) is 0.417.